The number of nitrogens with one attached hydrogen (secondary N) is 1. The van der Waals surface area contributed by atoms with Crippen LogP contribution in [0.5, 0.6) is 0 Å². The average molecular weight is 349 g/mol. The van der Waals surface area contributed by atoms with Gasteiger partial charge in [-0.05, 0) is 44.7 Å². The molecule has 2 bridgehead atoms. The number of carbonyl (C=O) groups excluding carboxylic acids is 1. The summed E-state index contributed by atoms with van der Waals surface area (Å²) in [5, 5.41) is 3.62. The fourth-order valence-corrected chi connectivity index (χ4v) is 4.62. The van der Waals surface area contributed by atoms with Crippen molar-refractivity contribution in [3.63, 3.8) is 0 Å². The fraction of sp³-hybridized carbons (Fsp3) is 0.667. The molecule has 0 saturated carbocycles. The van der Waals surface area contributed by atoms with E-state index >= 15 is 0 Å². The van der Waals surface area contributed by atoms with Crippen LogP contribution < -0.4 is 5.32 Å². The summed E-state index contributed by atoms with van der Waals surface area (Å²) < 4.78 is 0.752. The number of thiophene rings is 1. The molecular weight excluding hydrogens is 327 g/mol. The number of fused-ring (bicyclic) bond motifs is 2. The van der Waals surface area contributed by atoms with Gasteiger partial charge in [0.05, 0.1) is 10.3 Å². The molecule has 3 nitrogen and oxygen atoms in total. The van der Waals surface area contributed by atoms with E-state index in [1.54, 1.807) is 0 Å². The van der Waals surface area contributed by atoms with Gasteiger partial charge in [-0.3, -0.25) is 4.79 Å². The molecule has 2 fully saturated rings. The van der Waals surface area contributed by atoms with Crippen LogP contribution in [0.4, 0.5) is 0 Å². The van der Waals surface area contributed by atoms with Gasteiger partial charge in [-0.25, -0.2) is 0 Å². The third kappa shape index (κ3) is 3.55. The highest BCUT2D eigenvalue weighted by molar-refractivity contribution is 7.16. The van der Waals surface area contributed by atoms with E-state index in [1.165, 1.54) is 24.2 Å². The predicted molar refractivity (Wildman–Crippen MR) is 90.7 cm³/mol. The second kappa shape index (κ2) is 6.86. The van der Waals surface area contributed by atoms with Crippen molar-refractivity contribution < 1.29 is 4.79 Å². The van der Waals surface area contributed by atoms with Gasteiger partial charge in [-0.15, -0.1) is 23.7 Å². The van der Waals surface area contributed by atoms with Crippen molar-refractivity contribution >= 4 is 41.3 Å². The highest BCUT2D eigenvalue weighted by Gasteiger charge is 2.37. The lowest BCUT2D eigenvalue weighted by atomic mass is 9.97. The summed E-state index contributed by atoms with van der Waals surface area (Å²) in [6.07, 6.45) is 4.71. The first kappa shape index (κ1) is 17.1. The zero-order valence-electron chi connectivity index (χ0n) is 12.3. The Kier molecular flexibility index (Phi) is 5.58. The third-order valence-corrected chi connectivity index (χ3v) is 6.15. The van der Waals surface area contributed by atoms with Crippen LogP contribution in [0.1, 0.15) is 43.4 Å². The summed E-state index contributed by atoms with van der Waals surface area (Å²) in [5.41, 5.74) is 0. The van der Waals surface area contributed by atoms with Crippen molar-refractivity contribution in [1.82, 2.24) is 10.2 Å². The smallest absolute Gasteiger partial charge is 0.230 e. The molecule has 0 spiro atoms. The molecule has 2 aliphatic rings. The highest BCUT2D eigenvalue weighted by atomic mass is 35.5. The second-order valence-electron chi connectivity index (χ2n) is 6.08. The highest BCUT2D eigenvalue weighted by Crippen LogP contribution is 2.33. The number of nitrogens with zero attached hydrogens (tertiary/aromatic N) is 1. The molecule has 1 amide bonds. The first-order chi connectivity index (χ1) is 9.54. The summed E-state index contributed by atoms with van der Waals surface area (Å²) in [4.78, 5) is 15.7. The molecule has 3 unspecified atom stereocenters. The number of hydrogen-bond donors (Lipinski definition) is 1. The van der Waals surface area contributed by atoms with Crippen molar-refractivity contribution in [2.24, 2.45) is 0 Å². The number of carbonyl (C=O) groups is 1. The van der Waals surface area contributed by atoms with Crippen LogP contribution in [-0.4, -0.2) is 36.0 Å². The molecule has 2 aliphatic heterocycles. The standard InChI is InChI=1S/C15H21ClN2OS.ClH/c1-9(13-5-6-14(16)20-13)15(19)18(2)12-7-10-3-4-11(8-12)17-10;/h5-6,9-12,17H,3-4,7-8H2,1-2H3;1H. The zero-order valence-corrected chi connectivity index (χ0v) is 14.7. The Bertz CT molecular complexity index is 496. The van der Waals surface area contributed by atoms with E-state index < -0.39 is 0 Å². The lowest BCUT2D eigenvalue weighted by molar-refractivity contribution is -0.133. The van der Waals surface area contributed by atoms with Gasteiger partial charge in [0.25, 0.3) is 0 Å². The minimum atomic E-state index is -0.0926. The molecule has 0 aliphatic carbocycles. The fourth-order valence-electron chi connectivity index (χ4n) is 3.51. The maximum Gasteiger partial charge on any atom is 0.230 e. The van der Waals surface area contributed by atoms with Gasteiger partial charge < -0.3 is 10.2 Å². The predicted octanol–water partition coefficient (Wildman–Crippen LogP) is 3.67. The maximum atomic E-state index is 12.7. The van der Waals surface area contributed by atoms with Gasteiger partial charge >= 0.3 is 0 Å². The molecule has 6 heteroatoms. The summed E-state index contributed by atoms with van der Waals surface area (Å²) in [5.74, 6) is 0.125. The normalized spacial score (nSPS) is 28.8. The lowest BCUT2D eigenvalue weighted by Crippen LogP contribution is -2.49. The van der Waals surface area contributed by atoms with Crippen LogP contribution in [0.3, 0.4) is 0 Å². The van der Waals surface area contributed by atoms with Crippen LogP contribution in [0.25, 0.3) is 0 Å². The van der Waals surface area contributed by atoms with Gasteiger partial charge in [-0.1, -0.05) is 11.6 Å². The average Bonchev–Trinajstić information content (AvgIpc) is 3.02. The maximum absolute atomic E-state index is 12.7. The molecule has 21 heavy (non-hydrogen) atoms. The molecule has 118 valence electrons. The Balaban J connectivity index is 0.00000161. The first-order valence-electron chi connectivity index (χ1n) is 7.32. The Labute approximate surface area is 141 Å². The number of piperidine rings is 1. The lowest BCUT2D eigenvalue weighted by Gasteiger charge is -2.36. The van der Waals surface area contributed by atoms with E-state index in [4.69, 9.17) is 11.6 Å². The quantitative estimate of drug-likeness (QED) is 0.903. The molecule has 1 N–H and O–H groups in total. The van der Waals surface area contributed by atoms with Crippen molar-refractivity contribution in [1.29, 1.82) is 0 Å². The van der Waals surface area contributed by atoms with Gasteiger partial charge in [0.15, 0.2) is 0 Å². The van der Waals surface area contributed by atoms with Crippen LogP contribution in [-0.2, 0) is 4.79 Å². The van der Waals surface area contributed by atoms with E-state index in [0.717, 1.165) is 22.1 Å². The van der Waals surface area contributed by atoms with Gasteiger partial charge in [0.2, 0.25) is 5.91 Å². The third-order valence-electron chi connectivity index (χ3n) is 4.73. The number of likely N-dealkylation sites (N-methyl/N-ethyl adjacent to an activating group) is 1. The second-order valence-corrected chi connectivity index (χ2v) is 7.82. The van der Waals surface area contributed by atoms with Gasteiger partial charge in [0, 0.05) is 30.1 Å². The topological polar surface area (TPSA) is 32.3 Å². The molecule has 3 heterocycles. The van der Waals surface area contributed by atoms with E-state index in [1.807, 2.05) is 31.0 Å². The monoisotopic (exact) mass is 348 g/mol. The van der Waals surface area contributed by atoms with Crippen molar-refractivity contribution in [2.75, 3.05) is 7.05 Å². The SMILES string of the molecule is CC(C(=O)N(C)C1CC2CCC(C1)N2)c1ccc(Cl)s1.Cl. The molecule has 3 atom stereocenters. The summed E-state index contributed by atoms with van der Waals surface area (Å²) >= 11 is 7.48. The summed E-state index contributed by atoms with van der Waals surface area (Å²) in [7, 11) is 1.96. The number of hydrogen-bond acceptors (Lipinski definition) is 3. The van der Waals surface area contributed by atoms with E-state index in [0.29, 0.717) is 18.1 Å². The zero-order chi connectivity index (χ0) is 14.3. The number of amides is 1. The summed E-state index contributed by atoms with van der Waals surface area (Å²) in [6, 6.07) is 5.45. The van der Waals surface area contributed by atoms with Crippen molar-refractivity contribution in [2.45, 2.75) is 56.7 Å². The van der Waals surface area contributed by atoms with Crippen molar-refractivity contribution in [3.05, 3.63) is 21.3 Å². The number of rotatable bonds is 3. The van der Waals surface area contributed by atoms with E-state index in [2.05, 4.69) is 5.32 Å². The molecule has 1 aromatic heterocycles. The Hall–Kier alpha value is -0.290. The van der Waals surface area contributed by atoms with Crippen LogP contribution in [0.2, 0.25) is 4.34 Å². The van der Waals surface area contributed by atoms with Gasteiger partial charge in [0.1, 0.15) is 0 Å². The Morgan fingerprint density at radius 2 is 2.00 bits per heavy atom. The number of halogens is 2. The largest absolute Gasteiger partial charge is 0.342 e. The molecule has 2 saturated heterocycles. The summed E-state index contributed by atoms with van der Waals surface area (Å²) in [6.45, 7) is 1.98. The molecule has 1 aromatic rings. The first-order valence-corrected chi connectivity index (χ1v) is 8.52. The van der Waals surface area contributed by atoms with Crippen LogP contribution >= 0.6 is 35.3 Å². The molecule has 0 radical (unpaired) electrons. The van der Waals surface area contributed by atoms with Gasteiger partial charge in [-0.2, -0.15) is 0 Å². The van der Waals surface area contributed by atoms with E-state index in [-0.39, 0.29) is 24.2 Å². The Morgan fingerprint density at radius 1 is 1.38 bits per heavy atom. The minimum Gasteiger partial charge on any atom is -0.342 e. The van der Waals surface area contributed by atoms with Crippen LogP contribution in [0.15, 0.2) is 12.1 Å². The molecule has 3 rings (SSSR count). The molecular formula is C15H22Cl2N2OS. The minimum absolute atomic E-state index is 0. The van der Waals surface area contributed by atoms with Crippen molar-refractivity contribution in [3.8, 4) is 0 Å². The molecule has 0 aromatic carbocycles. The Morgan fingerprint density at radius 3 is 2.52 bits per heavy atom. The van der Waals surface area contributed by atoms with E-state index in [9.17, 15) is 4.79 Å². The van der Waals surface area contributed by atoms with Crippen LogP contribution in [0, 0.1) is 0 Å².